The van der Waals surface area contributed by atoms with Gasteiger partial charge in [-0.1, -0.05) is 120 Å². The molecule has 406 valence electrons. The van der Waals surface area contributed by atoms with E-state index >= 15 is 0 Å². The first-order valence-corrected chi connectivity index (χ1v) is 25.3. The smallest absolute Gasteiger partial charge is 0.332 e. The summed E-state index contributed by atoms with van der Waals surface area (Å²) in [5.41, 5.74) is 6.92. The lowest BCUT2D eigenvalue weighted by Gasteiger charge is -2.39. The van der Waals surface area contributed by atoms with Gasteiger partial charge in [0.05, 0.1) is 24.7 Å². The molecule has 2 aromatic carbocycles. The second-order valence-corrected chi connectivity index (χ2v) is 19.5. The number of primary amides is 1. The third-order valence-corrected chi connectivity index (χ3v) is 14.3. The van der Waals surface area contributed by atoms with Gasteiger partial charge in [-0.15, -0.1) is 0 Å². The number of hydrogen-bond acceptors (Lipinski definition) is 13. The number of amides is 7. The molecule has 3 heterocycles. The number of oxazole rings is 1. The minimum atomic E-state index is -1.87. The number of carbonyl (C=O) groups excluding carboxylic acids is 8. The van der Waals surface area contributed by atoms with Crippen LogP contribution in [0.15, 0.2) is 77.4 Å². The predicted molar refractivity (Wildman–Crippen MR) is 273 cm³/mol. The fraction of sp³-hybridized carbons (Fsp3) is 0.519. The molecule has 12 unspecified atom stereocenters. The number of benzene rings is 2. The SMILES string of the molecule is CCC(C)C1C(=O)N(C)C(C(C)CC)C(=O)NC(CC(N)=O)C(=O)N2CCCC2C(=O)NC(C(OC)c2ccccc2)C(=O)OC(c2coc(C(C)C=Cc3ccccc3)n2)C(C)C(=O)NC(C(=O)O)CC(=O)N1C. The summed E-state index contributed by atoms with van der Waals surface area (Å²) >= 11 is 0. The number of methoxy groups -OCH3 is 1. The average Bonchev–Trinajstić information content (AvgIpc) is 4.10. The molecule has 0 spiro atoms. The van der Waals surface area contributed by atoms with Crippen molar-refractivity contribution in [3.8, 4) is 0 Å². The van der Waals surface area contributed by atoms with Gasteiger partial charge in [0.25, 0.3) is 0 Å². The molecule has 2 aliphatic heterocycles. The molecule has 12 atom stereocenters. The molecule has 75 heavy (non-hydrogen) atoms. The lowest BCUT2D eigenvalue weighted by atomic mass is 9.92. The molecule has 0 bridgehead atoms. The molecule has 1 aromatic heterocycles. The number of cyclic esters (lactones) is 1. The van der Waals surface area contributed by atoms with Crippen LogP contribution in [0.1, 0.15) is 121 Å². The Balaban J connectivity index is 1.67. The Morgan fingerprint density at radius 2 is 1.48 bits per heavy atom. The largest absolute Gasteiger partial charge is 0.480 e. The van der Waals surface area contributed by atoms with Gasteiger partial charge in [-0.25, -0.2) is 14.6 Å². The lowest BCUT2D eigenvalue weighted by Crippen LogP contribution is -2.61. The molecule has 21 nitrogen and oxygen atoms in total. The number of carboxylic acids is 1. The fourth-order valence-corrected chi connectivity index (χ4v) is 9.45. The summed E-state index contributed by atoms with van der Waals surface area (Å²) in [6.07, 6.45) is 1.62. The van der Waals surface area contributed by atoms with Crippen LogP contribution in [0.4, 0.5) is 0 Å². The maximum absolute atomic E-state index is 15.0. The van der Waals surface area contributed by atoms with Gasteiger partial charge in [0, 0.05) is 27.7 Å². The zero-order valence-electron chi connectivity index (χ0n) is 44.1. The Bertz CT molecular complexity index is 2540. The van der Waals surface area contributed by atoms with Crippen molar-refractivity contribution in [1.29, 1.82) is 0 Å². The van der Waals surface area contributed by atoms with Crippen molar-refractivity contribution in [1.82, 2.24) is 35.6 Å². The van der Waals surface area contributed by atoms with E-state index in [1.807, 2.05) is 42.5 Å². The molecule has 3 aromatic rings. The van der Waals surface area contributed by atoms with E-state index in [0.717, 1.165) is 10.5 Å². The first-order valence-electron chi connectivity index (χ1n) is 25.3. The van der Waals surface area contributed by atoms with Gasteiger partial charge in [0.1, 0.15) is 48.3 Å². The molecule has 2 saturated heterocycles. The van der Waals surface area contributed by atoms with E-state index in [1.165, 1.54) is 44.2 Å². The van der Waals surface area contributed by atoms with Crippen LogP contribution >= 0.6 is 0 Å². The molecule has 6 N–H and O–H groups in total. The van der Waals surface area contributed by atoms with Crippen LogP contribution in [0.5, 0.6) is 0 Å². The van der Waals surface area contributed by atoms with Gasteiger partial charge >= 0.3 is 11.9 Å². The van der Waals surface area contributed by atoms with Gasteiger partial charge in [-0.3, -0.25) is 33.6 Å². The van der Waals surface area contributed by atoms with Crippen LogP contribution in [0.2, 0.25) is 0 Å². The van der Waals surface area contributed by atoms with E-state index in [-0.39, 0.29) is 24.6 Å². The van der Waals surface area contributed by atoms with E-state index in [1.54, 1.807) is 65.0 Å². The minimum absolute atomic E-state index is 0.00712. The Morgan fingerprint density at radius 1 is 0.853 bits per heavy atom. The minimum Gasteiger partial charge on any atom is -0.480 e. The maximum Gasteiger partial charge on any atom is 0.332 e. The van der Waals surface area contributed by atoms with Crippen LogP contribution < -0.4 is 21.7 Å². The normalized spacial score (nSPS) is 25.9. The molecule has 2 fully saturated rings. The predicted octanol–water partition coefficient (Wildman–Crippen LogP) is 3.65. The standard InChI is InChI=1S/C54H72N8O13/c1-10-30(3)43-49(67)56-36(27-40(55)63)51(68)62-26-18-23-39(62)48(66)59-42(46(73-9)35-21-16-13-17-22-35)54(72)75-45(38-29-74-50(58-38)32(5)24-25-34-19-14-12-15-20-34)33(6)47(65)57-37(53(70)71)28-41(64)60(7)44(31(4)11-2)52(69)61(43)8/h12-17,19-22,24-25,29-33,36-37,39,42-46H,10-11,18,23,26-28H2,1-9H3,(H2,55,63)(H,56,67)(H,57,65)(H,59,66)(H,70,71). The number of nitrogens with two attached hydrogens (primary N) is 1. The third-order valence-electron chi connectivity index (χ3n) is 14.3. The number of ether oxygens (including phenoxy) is 2. The van der Waals surface area contributed by atoms with Crippen molar-refractivity contribution in [2.75, 3.05) is 27.7 Å². The highest BCUT2D eigenvalue weighted by Crippen LogP contribution is 2.32. The molecule has 21 heteroatoms. The van der Waals surface area contributed by atoms with Crippen molar-refractivity contribution in [3.05, 3.63) is 95.7 Å². The van der Waals surface area contributed by atoms with Crippen LogP contribution in [0.3, 0.4) is 0 Å². The highest BCUT2D eigenvalue weighted by molar-refractivity contribution is 5.98. The summed E-state index contributed by atoms with van der Waals surface area (Å²) < 4.78 is 18.0. The molecule has 2 aliphatic rings. The summed E-state index contributed by atoms with van der Waals surface area (Å²) in [4.78, 5) is 136. The molecule has 0 radical (unpaired) electrons. The third kappa shape index (κ3) is 14.5. The zero-order chi connectivity index (χ0) is 55.3. The van der Waals surface area contributed by atoms with Crippen LogP contribution in [0.25, 0.3) is 6.08 Å². The Labute approximate surface area is 437 Å². The number of allylic oxidation sites excluding steroid dienone is 1. The Kier molecular flexibility index (Phi) is 20.8. The first kappa shape index (κ1) is 58.5. The highest BCUT2D eigenvalue weighted by atomic mass is 16.6. The number of carboxylic acid groups (broad SMARTS) is 1. The topological polar surface area (TPSA) is 290 Å². The Hall–Kier alpha value is -7.42. The first-order chi connectivity index (χ1) is 35.6. The number of aromatic nitrogens is 1. The number of aliphatic carboxylic acids is 1. The number of nitrogens with zero attached hydrogens (tertiary/aromatic N) is 4. The van der Waals surface area contributed by atoms with Gasteiger partial charge in [0.2, 0.25) is 47.2 Å². The van der Waals surface area contributed by atoms with Crippen LogP contribution in [0, 0.1) is 17.8 Å². The zero-order valence-corrected chi connectivity index (χ0v) is 44.1. The molecular weight excluding hydrogens is 969 g/mol. The van der Waals surface area contributed by atoms with Crippen molar-refractivity contribution in [3.63, 3.8) is 0 Å². The number of likely N-dealkylation sites (N-methyl/N-ethyl adjacent to an activating group) is 2. The summed E-state index contributed by atoms with van der Waals surface area (Å²) in [5.74, 6) is -11.5. The summed E-state index contributed by atoms with van der Waals surface area (Å²) in [7, 11) is 4.00. The van der Waals surface area contributed by atoms with Crippen molar-refractivity contribution >= 4 is 59.4 Å². The number of rotatable bonds is 14. The maximum atomic E-state index is 15.0. The molecular formula is C54H72N8O13. The van der Waals surface area contributed by atoms with Crippen molar-refractivity contribution in [2.45, 2.75) is 134 Å². The van der Waals surface area contributed by atoms with Gasteiger partial charge < -0.3 is 55.4 Å². The van der Waals surface area contributed by atoms with E-state index in [9.17, 15) is 48.3 Å². The average molecular weight is 1040 g/mol. The Morgan fingerprint density at radius 3 is 2.08 bits per heavy atom. The summed E-state index contributed by atoms with van der Waals surface area (Å²) in [6.45, 7) is 10.2. The molecule has 0 aliphatic carbocycles. The van der Waals surface area contributed by atoms with Crippen LogP contribution in [-0.4, -0.2) is 142 Å². The fourth-order valence-electron chi connectivity index (χ4n) is 9.45. The number of fused-ring (bicyclic) bond motifs is 1. The molecule has 5 rings (SSSR count). The summed E-state index contributed by atoms with van der Waals surface area (Å²) in [5, 5.41) is 18.3. The van der Waals surface area contributed by atoms with E-state index < -0.39 is 138 Å². The highest BCUT2D eigenvalue weighted by Gasteiger charge is 2.46. The van der Waals surface area contributed by atoms with Gasteiger partial charge in [-0.05, 0) is 42.7 Å². The van der Waals surface area contributed by atoms with E-state index in [2.05, 4.69) is 20.9 Å². The van der Waals surface area contributed by atoms with Crippen molar-refractivity contribution < 1.29 is 62.1 Å². The lowest BCUT2D eigenvalue weighted by molar-refractivity contribution is -0.163. The number of hydrogen-bond donors (Lipinski definition) is 5. The van der Waals surface area contributed by atoms with Crippen molar-refractivity contribution in [2.24, 2.45) is 23.5 Å². The number of nitrogens with one attached hydrogen (secondary N) is 3. The van der Waals surface area contributed by atoms with E-state index in [0.29, 0.717) is 24.8 Å². The van der Waals surface area contributed by atoms with Gasteiger partial charge in [-0.2, -0.15) is 0 Å². The molecule has 7 amide bonds. The number of carbonyl (C=O) groups is 9. The number of esters is 1. The van der Waals surface area contributed by atoms with E-state index in [4.69, 9.17) is 19.6 Å². The summed E-state index contributed by atoms with van der Waals surface area (Å²) in [6, 6.07) is 8.89. The van der Waals surface area contributed by atoms with Crippen LogP contribution in [-0.2, 0) is 52.6 Å². The second-order valence-electron chi connectivity index (χ2n) is 19.5. The monoisotopic (exact) mass is 1040 g/mol. The second kappa shape index (κ2) is 26.7. The molecule has 0 saturated carbocycles. The quantitative estimate of drug-likeness (QED) is 0.144. The van der Waals surface area contributed by atoms with Gasteiger partial charge in [0.15, 0.2) is 12.1 Å².